The van der Waals surface area contributed by atoms with Crippen LogP contribution in [0.1, 0.15) is 24.0 Å². The van der Waals surface area contributed by atoms with Gasteiger partial charge in [0.1, 0.15) is 0 Å². The van der Waals surface area contributed by atoms with Gasteiger partial charge < -0.3 is 0 Å². The van der Waals surface area contributed by atoms with Crippen LogP contribution in [0.4, 0.5) is 0 Å². The summed E-state index contributed by atoms with van der Waals surface area (Å²) in [6.45, 7) is 5.91. The first kappa shape index (κ1) is 16.4. The van der Waals surface area contributed by atoms with E-state index in [1.54, 1.807) is 13.8 Å². The molecular weight excluding hydrogens is 330 g/mol. The molecule has 0 atom stereocenters. The van der Waals surface area contributed by atoms with Gasteiger partial charge in [-0.05, 0) is 26.0 Å². The summed E-state index contributed by atoms with van der Waals surface area (Å²) in [4.78, 5) is 8.33. The van der Waals surface area contributed by atoms with Crippen LogP contribution in [0.3, 0.4) is 0 Å². The summed E-state index contributed by atoms with van der Waals surface area (Å²) in [7, 11) is -3.61. The molecule has 21 heavy (non-hydrogen) atoms. The average Bonchev–Trinajstić information content (AvgIpc) is 2.75. The maximum atomic E-state index is 12.7. The molecule has 0 saturated heterocycles. The van der Waals surface area contributed by atoms with Gasteiger partial charge in [-0.1, -0.05) is 35.9 Å². The van der Waals surface area contributed by atoms with Gasteiger partial charge in [0.05, 0.1) is 17.9 Å². The Balaban J connectivity index is 2.34. The SMILES string of the molecule is CCN(Cc1cccc(C)n1)S(=O)(=O)c1sc(Cl)nc1C. The molecule has 0 amide bonds. The van der Waals surface area contributed by atoms with Crippen molar-refractivity contribution < 1.29 is 8.42 Å². The van der Waals surface area contributed by atoms with E-state index in [1.165, 1.54) is 4.31 Å². The first-order valence-electron chi connectivity index (χ1n) is 6.40. The molecule has 114 valence electrons. The summed E-state index contributed by atoms with van der Waals surface area (Å²) < 4.78 is 27.2. The van der Waals surface area contributed by atoms with Gasteiger partial charge >= 0.3 is 0 Å². The van der Waals surface area contributed by atoms with Crippen molar-refractivity contribution in [2.75, 3.05) is 6.54 Å². The number of hydrogen-bond donors (Lipinski definition) is 0. The number of aryl methyl sites for hydroxylation is 2. The molecule has 2 aromatic heterocycles. The first-order valence-corrected chi connectivity index (χ1v) is 9.03. The molecule has 8 heteroatoms. The van der Waals surface area contributed by atoms with Crippen molar-refractivity contribution in [3.8, 4) is 0 Å². The molecule has 0 aliphatic heterocycles. The number of pyridine rings is 1. The highest BCUT2D eigenvalue weighted by molar-refractivity contribution is 7.91. The Morgan fingerprint density at radius 2 is 2.00 bits per heavy atom. The summed E-state index contributed by atoms with van der Waals surface area (Å²) >= 11 is 6.80. The van der Waals surface area contributed by atoms with Crippen LogP contribution in [0.2, 0.25) is 4.47 Å². The predicted octanol–water partition coefficient (Wildman–Crippen LogP) is 3.02. The standard InChI is InChI=1S/C13H16ClN3O2S2/c1-4-17(8-11-7-5-6-9(2)15-11)21(18,19)12-10(3)16-13(14)20-12/h5-7H,4,8H2,1-3H3. The highest BCUT2D eigenvalue weighted by Gasteiger charge is 2.28. The van der Waals surface area contributed by atoms with Crippen LogP contribution >= 0.6 is 22.9 Å². The first-order chi connectivity index (χ1) is 9.84. The maximum absolute atomic E-state index is 12.7. The number of aromatic nitrogens is 2. The second-order valence-corrected chi connectivity index (χ2v) is 8.26. The van der Waals surface area contributed by atoms with Crippen LogP contribution in [0, 0.1) is 13.8 Å². The van der Waals surface area contributed by atoms with Crippen LogP contribution in [-0.2, 0) is 16.6 Å². The quantitative estimate of drug-likeness (QED) is 0.835. The third-order valence-electron chi connectivity index (χ3n) is 2.94. The lowest BCUT2D eigenvalue weighted by atomic mass is 10.3. The second-order valence-electron chi connectivity index (χ2n) is 4.54. The number of rotatable bonds is 5. The molecule has 2 aromatic rings. The summed E-state index contributed by atoms with van der Waals surface area (Å²) in [6.07, 6.45) is 0. The summed E-state index contributed by atoms with van der Waals surface area (Å²) in [5.74, 6) is 0. The highest BCUT2D eigenvalue weighted by atomic mass is 35.5. The Labute approximate surface area is 133 Å². The van der Waals surface area contributed by atoms with Crippen molar-refractivity contribution in [3.05, 3.63) is 39.7 Å². The predicted molar refractivity (Wildman–Crippen MR) is 84.1 cm³/mol. The topological polar surface area (TPSA) is 63.2 Å². The third kappa shape index (κ3) is 3.60. The van der Waals surface area contributed by atoms with E-state index in [0.29, 0.717) is 17.9 Å². The van der Waals surface area contributed by atoms with Gasteiger partial charge in [0, 0.05) is 12.2 Å². The maximum Gasteiger partial charge on any atom is 0.254 e. The molecule has 0 aromatic carbocycles. The molecule has 0 fully saturated rings. The van der Waals surface area contributed by atoms with E-state index in [9.17, 15) is 8.42 Å². The van der Waals surface area contributed by atoms with Crippen LogP contribution in [0.25, 0.3) is 0 Å². The van der Waals surface area contributed by atoms with E-state index in [1.807, 2.05) is 25.1 Å². The van der Waals surface area contributed by atoms with E-state index in [4.69, 9.17) is 11.6 Å². The van der Waals surface area contributed by atoms with E-state index in [2.05, 4.69) is 9.97 Å². The Morgan fingerprint density at radius 1 is 1.29 bits per heavy atom. The number of hydrogen-bond acceptors (Lipinski definition) is 5. The van der Waals surface area contributed by atoms with Crippen molar-refractivity contribution in [2.24, 2.45) is 0 Å². The molecule has 5 nitrogen and oxygen atoms in total. The minimum Gasteiger partial charge on any atom is -0.257 e. The molecule has 2 heterocycles. The molecule has 0 bridgehead atoms. The molecule has 0 saturated carbocycles. The molecular formula is C13H16ClN3O2S2. The Hall–Kier alpha value is -1.02. The second kappa shape index (κ2) is 6.39. The van der Waals surface area contributed by atoms with Gasteiger partial charge in [-0.15, -0.1) is 0 Å². The van der Waals surface area contributed by atoms with Crippen LogP contribution in [0.15, 0.2) is 22.4 Å². The monoisotopic (exact) mass is 345 g/mol. The van der Waals surface area contributed by atoms with Gasteiger partial charge in [0.2, 0.25) is 0 Å². The van der Waals surface area contributed by atoms with Crippen LogP contribution in [0.5, 0.6) is 0 Å². The average molecular weight is 346 g/mol. The summed E-state index contributed by atoms with van der Waals surface area (Å²) in [5.41, 5.74) is 2.01. The lowest BCUT2D eigenvalue weighted by Crippen LogP contribution is -2.30. The fourth-order valence-corrected chi connectivity index (χ4v) is 5.24. The van der Waals surface area contributed by atoms with Gasteiger partial charge in [0.25, 0.3) is 10.0 Å². The molecule has 2 rings (SSSR count). The van der Waals surface area contributed by atoms with E-state index in [0.717, 1.165) is 17.0 Å². The van der Waals surface area contributed by atoms with Gasteiger partial charge in [-0.2, -0.15) is 4.31 Å². The van der Waals surface area contributed by atoms with Gasteiger partial charge in [-0.3, -0.25) is 4.98 Å². The number of thiazole rings is 1. The Kier molecular flexibility index (Phi) is 4.98. The zero-order valence-electron chi connectivity index (χ0n) is 12.0. The van der Waals surface area contributed by atoms with Crippen LogP contribution in [-0.4, -0.2) is 29.2 Å². The minimum atomic E-state index is -3.61. The number of halogens is 1. The molecule has 0 aliphatic rings. The molecule has 0 N–H and O–H groups in total. The van der Waals surface area contributed by atoms with Crippen molar-refractivity contribution in [1.29, 1.82) is 0 Å². The fraction of sp³-hybridized carbons (Fsp3) is 0.385. The minimum absolute atomic E-state index is 0.196. The normalized spacial score (nSPS) is 12.0. The zero-order valence-corrected chi connectivity index (χ0v) is 14.4. The lowest BCUT2D eigenvalue weighted by Gasteiger charge is -2.19. The third-order valence-corrected chi connectivity index (χ3v) is 6.71. The molecule has 0 unspecified atom stereocenters. The summed E-state index contributed by atoms with van der Waals surface area (Å²) in [5, 5.41) is 0. The lowest BCUT2D eigenvalue weighted by molar-refractivity contribution is 0.419. The molecule has 0 radical (unpaired) electrons. The highest BCUT2D eigenvalue weighted by Crippen LogP contribution is 2.29. The van der Waals surface area contributed by atoms with E-state index < -0.39 is 10.0 Å². The molecule has 0 spiro atoms. The number of nitrogens with zero attached hydrogens (tertiary/aromatic N) is 3. The fourth-order valence-electron chi connectivity index (χ4n) is 1.94. The van der Waals surface area contributed by atoms with Crippen LogP contribution < -0.4 is 0 Å². The molecule has 0 aliphatic carbocycles. The summed E-state index contributed by atoms with van der Waals surface area (Å²) in [6, 6.07) is 5.56. The van der Waals surface area contributed by atoms with Gasteiger partial charge in [0.15, 0.2) is 8.68 Å². The Morgan fingerprint density at radius 3 is 2.52 bits per heavy atom. The largest absolute Gasteiger partial charge is 0.257 e. The van der Waals surface area contributed by atoms with E-state index in [-0.39, 0.29) is 15.2 Å². The van der Waals surface area contributed by atoms with Gasteiger partial charge in [-0.25, -0.2) is 13.4 Å². The van der Waals surface area contributed by atoms with Crippen molar-refractivity contribution in [1.82, 2.24) is 14.3 Å². The van der Waals surface area contributed by atoms with Crippen molar-refractivity contribution in [3.63, 3.8) is 0 Å². The smallest absolute Gasteiger partial charge is 0.254 e. The van der Waals surface area contributed by atoms with Crippen molar-refractivity contribution in [2.45, 2.75) is 31.5 Å². The van der Waals surface area contributed by atoms with Crippen molar-refractivity contribution >= 4 is 33.0 Å². The Bertz CT molecular complexity index is 744. The van der Waals surface area contributed by atoms with E-state index >= 15 is 0 Å². The zero-order chi connectivity index (χ0) is 15.6. The number of sulfonamides is 1.